The molecule has 2 N–H and O–H groups in total. The summed E-state index contributed by atoms with van der Waals surface area (Å²) in [6, 6.07) is 7.24. The van der Waals surface area contributed by atoms with Crippen molar-refractivity contribution in [2.75, 3.05) is 0 Å². The molecule has 2 rings (SSSR count). The molecule has 0 fully saturated rings. The van der Waals surface area contributed by atoms with E-state index in [0.29, 0.717) is 5.22 Å². The highest BCUT2D eigenvalue weighted by atomic mass is 35.5. The van der Waals surface area contributed by atoms with Crippen LogP contribution in [0.25, 0.3) is 15.7 Å². The first-order valence-corrected chi connectivity index (χ1v) is 4.38. The summed E-state index contributed by atoms with van der Waals surface area (Å²) >= 11 is 11.6. The van der Waals surface area contributed by atoms with Crippen LogP contribution in [-0.2, 0) is 0 Å². The van der Waals surface area contributed by atoms with Crippen molar-refractivity contribution in [1.82, 2.24) is 0 Å². The highest BCUT2D eigenvalue weighted by Gasteiger charge is 2.10. The number of hydroxylamine groups is 1. The van der Waals surface area contributed by atoms with Crippen LogP contribution in [0.4, 0.5) is 0 Å². The minimum atomic E-state index is -0.231. The maximum Gasteiger partial charge on any atom is 0.235 e. The Hall–Kier alpha value is -0.740. The molecule has 1 unspecified atom stereocenters. The second-order valence-electron chi connectivity index (χ2n) is 2.59. The zero-order valence-electron chi connectivity index (χ0n) is 6.46. The number of hydrogen-bond acceptors (Lipinski definition) is 1. The Kier molecular flexibility index (Phi) is 2.17. The Morgan fingerprint density at radius 2 is 1.77 bits per heavy atom. The molecule has 13 heavy (non-hydrogen) atoms. The summed E-state index contributed by atoms with van der Waals surface area (Å²) in [5, 5.41) is 11.0. The minimum Gasteiger partial charge on any atom is -0.436 e. The van der Waals surface area contributed by atoms with Crippen LogP contribution in [-0.4, -0.2) is 5.21 Å². The van der Waals surface area contributed by atoms with Gasteiger partial charge in [0.15, 0.2) is 0 Å². The molecule has 1 aromatic rings. The van der Waals surface area contributed by atoms with Crippen molar-refractivity contribution in [3.05, 3.63) is 40.1 Å². The van der Waals surface area contributed by atoms with Gasteiger partial charge in [-0.05, 0) is 28.0 Å². The third kappa shape index (κ3) is 1.40. The maximum absolute atomic E-state index is 9.27. The van der Waals surface area contributed by atoms with Gasteiger partial charge >= 0.3 is 0 Å². The number of benzene rings is 1. The number of quaternary nitrogens is 1. The average Bonchev–Trinajstić information content (AvgIpc) is 2.15. The largest absolute Gasteiger partial charge is 0.436 e. The van der Waals surface area contributed by atoms with Crippen LogP contribution >= 0.6 is 23.2 Å². The van der Waals surface area contributed by atoms with Crippen molar-refractivity contribution in [3.8, 4) is 0 Å². The predicted octanol–water partition coefficient (Wildman–Crippen LogP) is -0.128. The third-order valence-corrected chi connectivity index (χ3v) is 2.45. The summed E-state index contributed by atoms with van der Waals surface area (Å²) in [6.07, 6.45) is 0. The van der Waals surface area contributed by atoms with Crippen LogP contribution < -0.4 is 15.6 Å². The molecule has 1 aliphatic rings. The summed E-state index contributed by atoms with van der Waals surface area (Å²) in [6.45, 7) is 0. The van der Waals surface area contributed by atoms with Gasteiger partial charge in [-0.25, -0.2) is 5.21 Å². The zero-order valence-corrected chi connectivity index (χ0v) is 7.97. The Balaban J connectivity index is 2.91. The zero-order chi connectivity index (χ0) is 9.42. The molecule has 0 aliphatic carbocycles. The molecule has 0 saturated carbocycles. The van der Waals surface area contributed by atoms with Gasteiger partial charge in [0.25, 0.3) is 0 Å². The van der Waals surface area contributed by atoms with Gasteiger partial charge in [0.1, 0.15) is 0 Å². The second-order valence-corrected chi connectivity index (χ2v) is 3.32. The van der Waals surface area contributed by atoms with Gasteiger partial charge in [-0.3, -0.25) is 0 Å². The van der Waals surface area contributed by atoms with Crippen LogP contribution in [0.2, 0.25) is 0 Å². The van der Waals surface area contributed by atoms with E-state index in [-0.39, 0.29) is 15.5 Å². The number of fused-ring (bicyclic) bond motifs is 1. The number of nitrogens with one attached hydrogen (secondary N) is 1. The van der Waals surface area contributed by atoms with E-state index in [1.165, 1.54) is 0 Å². The van der Waals surface area contributed by atoms with Crippen LogP contribution in [0, 0.1) is 0 Å². The Labute approximate surface area is 84.4 Å². The quantitative estimate of drug-likeness (QED) is 0.584. The van der Waals surface area contributed by atoms with E-state index >= 15 is 0 Å². The lowest BCUT2D eigenvalue weighted by atomic mass is 10.2. The smallest absolute Gasteiger partial charge is 0.235 e. The summed E-state index contributed by atoms with van der Waals surface area (Å²) in [7, 11) is 0. The summed E-state index contributed by atoms with van der Waals surface area (Å²) in [5.41, 5.74) is 3.69. The van der Waals surface area contributed by atoms with Gasteiger partial charge in [0.2, 0.25) is 5.16 Å². The summed E-state index contributed by atoms with van der Waals surface area (Å²) < 4.78 is 0. The molecule has 1 aliphatic heterocycles. The Morgan fingerprint density at radius 3 is 2.46 bits per heavy atom. The first-order chi connectivity index (χ1) is 6.20. The highest BCUT2D eigenvalue weighted by Crippen LogP contribution is 2.06. The van der Waals surface area contributed by atoms with Crippen molar-refractivity contribution in [1.29, 1.82) is 0 Å². The summed E-state index contributed by atoms with van der Waals surface area (Å²) in [5.74, 6) is 0. The van der Waals surface area contributed by atoms with E-state index in [1.54, 1.807) is 12.1 Å². The third-order valence-electron chi connectivity index (χ3n) is 1.79. The van der Waals surface area contributed by atoms with Gasteiger partial charge in [-0.2, -0.15) is 5.17 Å². The molecule has 0 amide bonds. The number of nitrogens with zero attached hydrogens (tertiary/aromatic N) is 1. The normalized spacial score (nSPS) is 21.0. The van der Waals surface area contributed by atoms with Crippen molar-refractivity contribution in [2.24, 2.45) is 0 Å². The molecule has 0 radical (unpaired) electrons. The first-order valence-electron chi connectivity index (χ1n) is 3.63. The van der Waals surface area contributed by atoms with Crippen LogP contribution in [0.5, 0.6) is 0 Å². The Morgan fingerprint density at radius 1 is 1.15 bits per heavy atom. The highest BCUT2D eigenvalue weighted by molar-refractivity contribution is 6.48. The molecule has 3 nitrogen and oxygen atoms in total. The van der Waals surface area contributed by atoms with E-state index in [4.69, 9.17) is 23.2 Å². The maximum atomic E-state index is 9.27. The molecular weight excluding hydrogens is 211 g/mol. The van der Waals surface area contributed by atoms with Gasteiger partial charge in [0.05, 0.1) is 5.22 Å². The van der Waals surface area contributed by atoms with Crippen molar-refractivity contribution >= 4 is 33.5 Å². The fourth-order valence-corrected chi connectivity index (χ4v) is 1.63. The van der Waals surface area contributed by atoms with E-state index in [9.17, 15) is 5.21 Å². The van der Waals surface area contributed by atoms with Crippen molar-refractivity contribution in [3.63, 3.8) is 0 Å². The number of rotatable bonds is 0. The molecule has 68 valence electrons. The molecule has 5 heteroatoms. The minimum absolute atomic E-state index is 0.231. The molecule has 0 spiro atoms. The van der Waals surface area contributed by atoms with Crippen LogP contribution in [0.3, 0.4) is 0 Å². The average molecular weight is 217 g/mol. The molecule has 1 aromatic carbocycles. The van der Waals surface area contributed by atoms with Crippen LogP contribution in [0.1, 0.15) is 0 Å². The number of hydrogen-bond donors (Lipinski definition) is 2. The SMILES string of the molecule is O[NH+]1[N-]C(Cl)=c2ccccc2=C1Cl. The van der Waals surface area contributed by atoms with E-state index in [2.05, 4.69) is 5.43 Å². The van der Waals surface area contributed by atoms with Gasteiger partial charge in [-0.1, -0.05) is 18.2 Å². The predicted molar refractivity (Wildman–Crippen MR) is 50.3 cm³/mol. The number of halogens is 2. The Bertz CT molecular complexity index is 457. The lowest BCUT2D eigenvalue weighted by molar-refractivity contribution is -0.991. The first kappa shape index (κ1) is 8.84. The van der Waals surface area contributed by atoms with Gasteiger partial charge < -0.3 is 5.43 Å². The van der Waals surface area contributed by atoms with Crippen LogP contribution in [0.15, 0.2) is 24.3 Å². The van der Waals surface area contributed by atoms with Crippen molar-refractivity contribution in [2.45, 2.75) is 0 Å². The standard InChI is InChI=1S/C8H6Cl2N2O/c9-7-5-3-1-2-4-6(5)8(10)12(13)11-7/h1-4,12-13H. The van der Waals surface area contributed by atoms with E-state index in [1.807, 2.05) is 12.1 Å². The molecule has 1 heterocycles. The lowest BCUT2D eigenvalue weighted by Crippen LogP contribution is -3.03. The fourth-order valence-electron chi connectivity index (χ4n) is 1.18. The van der Waals surface area contributed by atoms with Gasteiger partial charge in [-0.15, -0.1) is 11.6 Å². The molecule has 0 saturated heterocycles. The summed E-state index contributed by atoms with van der Waals surface area (Å²) in [4.78, 5) is 0. The van der Waals surface area contributed by atoms with E-state index in [0.717, 1.165) is 5.22 Å². The lowest BCUT2D eigenvalue weighted by Gasteiger charge is -2.26. The topological polar surface area (TPSA) is 38.8 Å². The van der Waals surface area contributed by atoms with Gasteiger partial charge in [0, 0.05) is 0 Å². The molecule has 0 aromatic heterocycles. The second kappa shape index (κ2) is 3.20. The fraction of sp³-hybridized carbons (Fsp3) is 0. The molecule has 1 atom stereocenters. The molecule has 0 bridgehead atoms. The monoisotopic (exact) mass is 216 g/mol. The van der Waals surface area contributed by atoms with Crippen molar-refractivity contribution < 1.29 is 10.4 Å². The van der Waals surface area contributed by atoms with E-state index < -0.39 is 0 Å². The molecular formula is C8H6Cl2N2O.